The van der Waals surface area contributed by atoms with E-state index in [0.29, 0.717) is 25.1 Å². The molecule has 0 aromatic heterocycles. The van der Waals surface area contributed by atoms with Crippen molar-refractivity contribution in [3.05, 3.63) is 35.6 Å². The minimum Gasteiger partial charge on any atom is -0.481 e. The third kappa shape index (κ3) is 3.64. The monoisotopic (exact) mass is 307 g/mol. The number of nitrogens with zero attached hydrogens (tertiary/aromatic N) is 1. The first-order chi connectivity index (χ1) is 10.4. The first kappa shape index (κ1) is 16.5. The number of piperidine rings is 1. The number of carbonyl (C=O) groups excluding carboxylic acids is 1. The Morgan fingerprint density at radius 3 is 2.68 bits per heavy atom. The molecule has 1 fully saturated rings. The minimum absolute atomic E-state index is 0.0357. The Morgan fingerprint density at radius 1 is 1.41 bits per heavy atom. The highest BCUT2D eigenvalue weighted by atomic mass is 19.1. The molecule has 3 atom stereocenters. The van der Waals surface area contributed by atoms with E-state index < -0.39 is 5.97 Å². The Labute approximate surface area is 129 Å². The fraction of sp³-hybridized carbons (Fsp3) is 0.529. The number of amides is 1. The summed E-state index contributed by atoms with van der Waals surface area (Å²) in [5.41, 5.74) is 0.546. The Balaban J connectivity index is 1.96. The summed E-state index contributed by atoms with van der Waals surface area (Å²) in [5.74, 6) is -1.75. The Hall–Kier alpha value is -1.91. The number of hydrogen-bond acceptors (Lipinski definition) is 2. The molecule has 1 saturated heterocycles. The summed E-state index contributed by atoms with van der Waals surface area (Å²) in [6.45, 7) is 4.62. The van der Waals surface area contributed by atoms with Crippen LogP contribution >= 0.6 is 0 Å². The lowest BCUT2D eigenvalue weighted by Gasteiger charge is -2.35. The van der Waals surface area contributed by atoms with Crippen molar-refractivity contribution in [3.63, 3.8) is 0 Å². The molecular weight excluding hydrogens is 285 g/mol. The highest BCUT2D eigenvalue weighted by Crippen LogP contribution is 2.27. The Morgan fingerprint density at radius 2 is 2.09 bits per heavy atom. The first-order valence-corrected chi connectivity index (χ1v) is 7.65. The molecule has 1 amide bonds. The molecule has 1 aliphatic heterocycles. The van der Waals surface area contributed by atoms with Crippen molar-refractivity contribution in [1.29, 1.82) is 0 Å². The SMILES string of the molecule is CC(CC(=O)N1CCC(C(=O)O)C(C)C1)c1ccccc1F. The number of carbonyl (C=O) groups is 2. The highest BCUT2D eigenvalue weighted by Gasteiger charge is 2.33. The van der Waals surface area contributed by atoms with Crippen LogP contribution in [0.15, 0.2) is 24.3 Å². The van der Waals surface area contributed by atoms with E-state index in [-0.39, 0.29) is 35.9 Å². The molecule has 1 heterocycles. The summed E-state index contributed by atoms with van der Waals surface area (Å²) in [4.78, 5) is 25.2. The van der Waals surface area contributed by atoms with Gasteiger partial charge in [0.25, 0.3) is 0 Å². The van der Waals surface area contributed by atoms with E-state index in [1.807, 2.05) is 13.8 Å². The van der Waals surface area contributed by atoms with Gasteiger partial charge in [-0.2, -0.15) is 0 Å². The zero-order chi connectivity index (χ0) is 16.3. The summed E-state index contributed by atoms with van der Waals surface area (Å²) in [5, 5.41) is 9.11. The molecule has 1 aromatic carbocycles. The number of carboxylic acid groups (broad SMARTS) is 1. The van der Waals surface area contributed by atoms with Crippen LogP contribution in [0.1, 0.15) is 38.2 Å². The standard InChI is InChI=1S/C17H22FNO3/c1-11(13-5-3-4-6-15(13)18)9-16(20)19-8-7-14(17(21)22)12(2)10-19/h3-6,11-12,14H,7-10H2,1-2H3,(H,21,22). The van der Waals surface area contributed by atoms with Crippen molar-refractivity contribution in [1.82, 2.24) is 4.90 Å². The lowest BCUT2D eigenvalue weighted by molar-refractivity contribution is -0.148. The molecule has 1 aliphatic rings. The van der Waals surface area contributed by atoms with Gasteiger partial charge >= 0.3 is 5.97 Å². The van der Waals surface area contributed by atoms with E-state index in [1.54, 1.807) is 23.1 Å². The molecule has 0 bridgehead atoms. The van der Waals surface area contributed by atoms with Crippen molar-refractivity contribution >= 4 is 11.9 Å². The lowest BCUT2D eigenvalue weighted by Crippen LogP contribution is -2.45. The normalized spacial score (nSPS) is 23.1. The molecule has 0 spiro atoms. The van der Waals surface area contributed by atoms with Crippen LogP contribution in [0.5, 0.6) is 0 Å². The third-order valence-corrected chi connectivity index (χ3v) is 4.49. The van der Waals surface area contributed by atoms with Gasteiger partial charge in [-0.05, 0) is 29.9 Å². The average Bonchev–Trinajstić information content (AvgIpc) is 2.46. The van der Waals surface area contributed by atoms with E-state index in [4.69, 9.17) is 5.11 Å². The van der Waals surface area contributed by atoms with E-state index >= 15 is 0 Å². The molecule has 1 N–H and O–H groups in total. The number of likely N-dealkylation sites (tertiary alicyclic amines) is 1. The van der Waals surface area contributed by atoms with Crippen molar-refractivity contribution in [2.24, 2.45) is 11.8 Å². The van der Waals surface area contributed by atoms with Crippen molar-refractivity contribution < 1.29 is 19.1 Å². The highest BCUT2D eigenvalue weighted by molar-refractivity contribution is 5.78. The Bertz CT molecular complexity index is 561. The maximum atomic E-state index is 13.7. The van der Waals surface area contributed by atoms with Crippen LogP contribution in [0.25, 0.3) is 0 Å². The minimum atomic E-state index is -0.792. The number of halogens is 1. The van der Waals surface area contributed by atoms with Gasteiger partial charge in [0, 0.05) is 19.5 Å². The van der Waals surface area contributed by atoms with E-state index in [2.05, 4.69) is 0 Å². The van der Waals surface area contributed by atoms with Crippen LogP contribution in [0.2, 0.25) is 0 Å². The van der Waals surface area contributed by atoms with Crippen LogP contribution < -0.4 is 0 Å². The zero-order valence-electron chi connectivity index (χ0n) is 13.0. The molecule has 22 heavy (non-hydrogen) atoms. The second-order valence-corrected chi connectivity index (χ2v) is 6.18. The molecule has 0 radical (unpaired) electrons. The van der Waals surface area contributed by atoms with Crippen LogP contribution in [-0.2, 0) is 9.59 Å². The maximum absolute atomic E-state index is 13.7. The molecule has 2 rings (SSSR count). The summed E-state index contributed by atoms with van der Waals surface area (Å²) < 4.78 is 13.7. The summed E-state index contributed by atoms with van der Waals surface area (Å²) in [6.07, 6.45) is 0.724. The number of benzene rings is 1. The largest absolute Gasteiger partial charge is 0.481 e. The second kappa shape index (κ2) is 6.90. The van der Waals surface area contributed by atoms with Crippen LogP contribution in [0.4, 0.5) is 4.39 Å². The van der Waals surface area contributed by atoms with Crippen molar-refractivity contribution in [2.75, 3.05) is 13.1 Å². The molecule has 0 saturated carbocycles. The smallest absolute Gasteiger partial charge is 0.306 e. The van der Waals surface area contributed by atoms with Crippen LogP contribution in [0, 0.1) is 17.7 Å². The fourth-order valence-corrected chi connectivity index (χ4v) is 3.11. The van der Waals surface area contributed by atoms with Gasteiger partial charge in [0.2, 0.25) is 5.91 Å². The van der Waals surface area contributed by atoms with Crippen LogP contribution in [-0.4, -0.2) is 35.0 Å². The number of aliphatic carboxylic acids is 1. The van der Waals surface area contributed by atoms with Gasteiger partial charge in [0.15, 0.2) is 0 Å². The number of rotatable bonds is 4. The molecular formula is C17H22FNO3. The van der Waals surface area contributed by atoms with Crippen LogP contribution in [0.3, 0.4) is 0 Å². The van der Waals surface area contributed by atoms with Gasteiger partial charge in [0.05, 0.1) is 5.92 Å². The molecule has 1 aromatic rings. The topological polar surface area (TPSA) is 57.6 Å². The van der Waals surface area contributed by atoms with Gasteiger partial charge in [-0.15, -0.1) is 0 Å². The fourth-order valence-electron chi connectivity index (χ4n) is 3.11. The van der Waals surface area contributed by atoms with Gasteiger partial charge in [-0.25, -0.2) is 4.39 Å². The zero-order valence-corrected chi connectivity index (χ0v) is 13.0. The van der Waals surface area contributed by atoms with Crippen molar-refractivity contribution in [3.8, 4) is 0 Å². The summed E-state index contributed by atoms with van der Waals surface area (Å²) in [6, 6.07) is 6.49. The van der Waals surface area contributed by atoms with Gasteiger partial charge in [-0.3, -0.25) is 9.59 Å². The molecule has 3 unspecified atom stereocenters. The van der Waals surface area contributed by atoms with Crippen molar-refractivity contribution in [2.45, 2.75) is 32.6 Å². The third-order valence-electron chi connectivity index (χ3n) is 4.49. The summed E-state index contributed by atoms with van der Waals surface area (Å²) >= 11 is 0. The Kier molecular flexibility index (Phi) is 5.16. The predicted molar refractivity (Wildman–Crippen MR) is 80.9 cm³/mol. The number of carboxylic acids is 1. The number of hydrogen-bond donors (Lipinski definition) is 1. The molecule has 0 aliphatic carbocycles. The van der Waals surface area contributed by atoms with Gasteiger partial charge in [-0.1, -0.05) is 32.0 Å². The van der Waals surface area contributed by atoms with Gasteiger partial charge < -0.3 is 10.0 Å². The predicted octanol–water partition coefficient (Wildman–Crippen LogP) is 2.89. The van der Waals surface area contributed by atoms with E-state index in [9.17, 15) is 14.0 Å². The average molecular weight is 307 g/mol. The maximum Gasteiger partial charge on any atom is 0.306 e. The van der Waals surface area contributed by atoms with Gasteiger partial charge in [0.1, 0.15) is 5.82 Å². The second-order valence-electron chi connectivity index (χ2n) is 6.18. The van der Waals surface area contributed by atoms with E-state index in [1.165, 1.54) is 6.07 Å². The molecule has 120 valence electrons. The molecule has 5 heteroatoms. The molecule has 4 nitrogen and oxygen atoms in total. The lowest BCUT2D eigenvalue weighted by atomic mass is 9.86. The summed E-state index contributed by atoms with van der Waals surface area (Å²) in [7, 11) is 0. The quantitative estimate of drug-likeness (QED) is 0.930. The first-order valence-electron chi connectivity index (χ1n) is 7.65. The van der Waals surface area contributed by atoms with E-state index in [0.717, 1.165) is 0 Å².